The Labute approximate surface area is 165 Å². The minimum Gasteiger partial charge on any atom is -0.465 e. The molecule has 0 unspecified atom stereocenters. The highest BCUT2D eigenvalue weighted by Gasteiger charge is 2.18. The first-order chi connectivity index (χ1) is 12.7. The highest BCUT2D eigenvalue weighted by molar-refractivity contribution is 7.80. The average molecular weight is 391 g/mol. The molecule has 1 aromatic carbocycles. The third-order valence-electron chi connectivity index (χ3n) is 3.99. The molecule has 0 aliphatic rings. The fourth-order valence-electron chi connectivity index (χ4n) is 2.57. The third-order valence-corrected chi connectivity index (χ3v) is 5.33. The fraction of sp³-hybridized carbons (Fsp3) is 0.400. The minimum atomic E-state index is -0.367. The molecular weight excluding hydrogens is 364 g/mol. The largest absolute Gasteiger partial charge is 0.465 e. The van der Waals surface area contributed by atoms with Crippen molar-refractivity contribution in [2.45, 2.75) is 39.0 Å². The van der Waals surface area contributed by atoms with Crippen molar-refractivity contribution >= 4 is 39.6 Å². The number of methoxy groups -OCH3 is 1. The monoisotopic (exact) mass is 390 g/mol. The van der Waals surface area contributed by atoms with E-state index >= 15 is 0 Å². The molecule has 0 amide bonds. The molecule has 0 radical (unpaired) electrons. The van der Waals surface area contributed by atoms with Crippen molar-refractivity contribution in [3.05, 3.63) is 42.0 Å². The predicted molar refractivity (Wildman–Crippen MR) is 114 cm³/mol. The molecule has 1 heterocycles. The number of anilines is 1. The molecule has 1 aromatic heterocycles. The molecular formula is C20H26N2O2S2. The lowest BCUT2D eigenvalue weighted by Gasteiger charge is -2.10. The summed E-state index contributed by atoms with van der Waals surface area (Å²) < 4.78 is 4.91. The number of thiocarbonyl (C=S) groups is 1. The number of ether oxygens (including phenoxy) is 1. The molecule has 0 aliphatic carbocycles. The minimum absolute atomic E-state index is 0.367. The molecule has 2 aromatic rings. The number of benzene rings is 1. The van der Waals surface area contributed by atoms with Gasteiger partial charge in [0.15, 0.2) is 5.11 Å². The van der Waals surface area contributed by atoms with Crippen LogP contribution in [-0.4, -0.2) is 24.7 Å². The molecule has 0 fully saturated rings. The Bertz CT molecular complexity index is 714. The standard InChI is InChI=1S/C20H26N2O2S2/c1-3-4-5-6-10-13-21-20(25)22-18-16(19(23)24-2)14-17(26-18)15-11-8-7-9-12-15/h7-9,11-12,14H,3-6,10,13H2,1-2H3,(H2,21,22,25). The molecule has 2 N–H and O–H groups in total. The van der Waals surface area contributed by atoms with Gasteiger partial charge in [-0.25, -0.2) is 4.79 Å². The van der Waals surface area contributed by atoms with E-state index in [2.05, 4.69) is 17.6 Å². The molecule has 4 nitrogen and oxygen atoms in total. The summed E-state index contributed by atoms with van der Waals surface area (Å²) in [6.07, 6.45) is 6.07. The topological polar surface area (TPSA) is 50.4 Å². The maximum atomic E-state index is 12.1. The van der Waals surface area contributed by atoms with Crippen LogP contribution in [-0.2, 0) is 4.74 Å². The van der Waals surface area contributed by atoms with Crippen LogP contribution >= 0.6 is 23.6 Å². The number of thiophene rings is 1. The molecule has 26 heavy (non-hydrogen) atoms. The van der Waals surface area contributed by atoms with Crippen LogP contribution in [0.2, 0.25) is 0 Å². The normalized spacial score (nSPS) is 10.4. The second kappa shape index (κ2) is 10.9. The van der Waals surface area contributed by atoms with E-state index in [-0.39, 0.29) is 5.97 Å². The zero-order chi connectivity index (χ0) is 18.8. The highest BCUT2D eigenvalue weighted by atomic mass is 32.1. The smallest absolute Gasteiger partial charge is 0.340 e. The van der Waals surface area contributed by atoms with E-state index in [9.17, 15) is 4.79 Å². The number of hydrogen-bond donors (Lipinski definition) is 2. The summed E-state index contributed by atoms with van der Waals surface area (Å²) in [5.74, 6) is -0.367. The number of hydrogen-bond acceptors (Lipinski definition) is 4. The van der Waals surface area contributed by atoms with Crippen LogP contribution in [0.5, 0.6) is 0 Å². The van der Waals surface area contributed by atoms with Gasteiger partial charge < -0.3 is 15.4 Å². The van der Waals surface area contributed by atoms with E-state index in [1.165, 1.54) is 44.1 Å². The van der Waals surface area contributed by atoms with Gasteiger partial charge in [0, 0.05) is 11.4 Å². The van der Waals surface area contributed by atoms with E-state index in [0.29, 0.717) is 15.7 Å². The Balaban J connectivity index is 1.99. The molecule has 0 bridgehead atoms. The average Bonchev–Trinajstić information content (AvgIpc) is 3.08. The molecule has 2 rings (SSSR count). The summed E-state index contributed by atoms with van der Waals surface area (Å²) in [5, 5.41) is 7.61. The zero-order valence-corrected chi connectivity index (χ0v) is 17.0. The van der Waals surface area contributed by atoms with E-state index in [4.69, 9.17) is 17.0 Å². The lowest BCUT2D eigenvalue weighted by Crippen LogP contribution is -2.29. The van der Waals surface area contributed by atoms with Gasteiger partial charge in [-0.05, 0) is 30.3 Å². The number of esters is 1. The van der Waals surface area contributed by atoms with E-state index in [1.807, 2.05) is 36.4 Å². The van der Waals surface area contributed by atoms with Crippen molar-refractivity contribution in [1.29, 1.82) is 0 Å². The number of carbonyl (C=O) groups excluding carboxylic acids is 1. The summed E-state index contributed by atoms with van der Waals surface area (Å²) in [6, 6.07) is 11.8. The second-order valence-corrected chi connectivity index (χ2v) is 7.47. The van der Waals surface area contributed by atoms with Gasteiger partial charge in [-0.2, -0.15) is 0 Å². The van der Waals surface area contributed by atoms with Gasteiger partial charge >= 0.3 is 5.97 Å². The Hall–Kier alpha value is -1.92. The molecule has 0 spiro atoms. The van der Waals surface area contributed by atoms with Crippen molar-refractivity contribution in [3.8, 4) is 10.4 Å². The lowest BCUT2D eigenvalue weighted by atomic mass is 10.1. The second-order valence-electron chi connectivity index (χ2n) is 6.01. The number of unbranched alkanes of at least 4 members (excludes halogenated alkanes) is 4. The van der Waals surface area contributed by atoms with Gasteiger partial charge in [-0.15, -0.1) is 11.3 Å². The first-order valence-electron chi connectivity index (χ1n) is 8.98. The molecule has 0 saturated carbocycles. The van der Waals surface area contributed by atoms with Crippen molar-refractivity contribution in [2.75, 3.05) is 19.0 Å². The summed E-state index contributed by atoms with van der Waals surface area (Å²) >= 11 is 6.87. The summed E-state index contributed by atoms with van der Waals surface area (Å²) in [6.45, 7) is 3.04. The number of nitrogens with one attached hydrogen (secondary N) is 2. The zero-order valence-electron chi connectivity index (χ0n) is 15.3. The van der Waals surface area contributed by atoms with Crippen molar-refractivity contribution in [1.82, 2.24) is 5.32 Å². The molecule has 0 atom stereocenters. The van der Waals surface area contributed by atoms with Gasteiger partial charge in [0.2, 0.25) is 0 Å². The van der Waals surface area contributed by atoms with Crippen LogP contribution in [0.1, 0.15) is 49.4 Å². The molecule has 6 heteroatoms. The van der Waals surface area contributed by atoms with Gasteiger partial charge in [-0.1, -0.05) is 62.9 Å². The Morgan fingerprint density at radius 2 is 1.88 bits per heavy atom. The van der Waals surface area contributed by atoms with Gasteiger partial charge in [0.25, 0.3) is 0 Å². The van der Waals surface area contributed by atoms with Crippen LogP contribution in [0.15, 0.2) is 36.4 Å². The van der Waals surface area contributed by atoms with Crippen molar-refractivity contribution in [2.24, 2.45) is 0 Å². The summed E-state index contributed by atoms with van der Waals surface area (Å²) in [5.41, 5.74) is 1.56. The quantitative estimate of drug-likeness (QED) is 0.338. The van der Waals surface area contributed by atoms with Crippen LogP contribution in [0.3, 0.4) is 0 Å². The Morgan fingerprint density at radius 1 is 1.15 bits per heavy atom. The van der Waals surface area contributed by atoms with E-state index < -0.39 is 0 Å². The van der Waals surface area contributed by atoms with Crippen LogP contribution < -0.4 is 10.6 Å². The van der Waals surface area contributed by atoms with Gasteiger partial charge in [0.05, 0.1) is 12.7 Å². The summed E-state index contributed by atoms with van der Waals surface area (Å²) in [7, 11) is 1.39. The highest BCUT2D eigenvalue weighted by Crippen LogP contribution is 2.35. The SMILES string of the molecule is CCCCCCCNC(=S)Nc1sc(-c2ccccc2)cc1C(=O)OC. The van der Waals surface area contributed by atoms with Gasteiger partial charge in [0.1, 0.15) is 5.00 Å². The molecule has 0 aliphatic heterocycles. The molecule has 0 saturated heterocycles. The van der Waals surface area contributed by atoms with Crippen LogP contribution in [0.4, 0.5) is 5.00 Å². The van der Waals surface area contributed by atoms with Gasteiger partial charge in [-0.3, -0.25) is 0 Å². The third kappa shape index (κ3) is 6.11. The van der Waals surface area contributed by atoms with E-state index in [0.717, 1.165) is 23.4 Å². The maximum Gasteiger partial charge on any atom is 0.340 e. The first-order valence-corrected chi connectivity index (χ1v) is 10.2. The summed E-state index contributed by atoms with van der Waals surface area (Å²) in [4.78, 5) is 13.1. The van der Waals surface area contributed by atoms with Crippen LogP contribution in [0.25, 0.3) is 10.4 Å². The predicted octanol–water partition coefficient (Wildman–Crippen LogP) is 5.46. The number of rotatable bonds is 9. The van der Waals surface area contributed by atoms with E-state index in [1.54, 1.807) is 0 Å². The fourth-order valence-corrected chi connectivity index (χ4v) is 3.89. The lowest BCUT2D eigenvalue weighted by molar-refractivity contribution is 0.0602. The number of carbonyl (C=O) groups is 1. The van der Waals surface area contributed by atoms with Crippen LogP contribution in [0, 0.1) is 0 Å². The molecule has 140 valence electrons. The Kier molecular flexibility index (Phi) is 8.58. The first kappa shape index (κ1) is 20.4. The Morgan fingerprint density at radius 3 is 2.58 bits per heavy atom. The van der Waals surface area contributed by atoms with Crippen molar-refractivity contribution in [3.63, 3.8) is 0 Å². The van der Waals surface area contributed by atoms with Crippen molar-refractivity contribution < 1.29 is 9.53 Å². The maximum absolute atomic E-state index is 12.1.